The maximum atomic E-state index is 13.3. The molecule has 2 atom stereocenters. The fourth-order valence-electron chi connectivity index (χ4n) is 4.17. The quantitative estimate of drug-likeness (QED) is 0.623. The van der Waals surface area contributed by atoms with Crippen molar-refractivity contribution < 1.29 is 4.79 Å². The molecule has 1 heterocycles. The van der Waals surface area contributed by atoms with Crippen molar-refractivity contribution in [2.45, 2.75) is 39.3 Å². The number of hydrogen-bond donors (Lipinski definition) is 1. The molecule has 1 amide bonds. The van der Waals surface area contributed by atoms with Crippen LogP contribution in [0.15, 0.2) is 72.8 Å². The van der Waals surface area contributed by atoms with Crippen LogP contribution in [0.3, 0.4) is 0 Å². The molecular weight excluding hydrogens is 344 g/mol. The minimum atomic E-state index is 0.0676. The smallest absolute Gasteiger partial charge is 0.258 e. The lowest BCUT2D eigenvalue weighted by Crippen LogP contribution is -2.44. The third kappa shape index (κ3) is 3.29. The average molecular weight is 370 g/mol. The summed E-state index contributed by atoms with van der Waals surface area (Å²) >= 11 is 0. The molecule has 28 heavy (non-hydrogen) atoms. The van der Waals surface area contributed by atoms with Gasteiger partial charge in [0, 0.05) is 17.3 Å². The molecule has 0 aliphatic carbocycles. The van der Waals surface area contributed by atoms with Gasteiger partial charge in [-0.05, 0) is 62.1 Å². The number of nitrogens with one attached hydrogen (secondary N) is 1. The van der Waals surface area contributed by atoms with Gasteiger partial charge in [-0.25, -0.2) is 0 Å². The Balaban J connectivity index is 1.75. The van der Waals surface area contributed by atoms with Gasteiger partial charge < -0.3 is 10.2 Å². The van der Waals surface area contributed by atoms with Crippen molar-refractivity contribution in [1.29, 1.82) is 0 Å². The fourth-order valence-corrected chi connectivity index (χ4v) is 4.17. The molecule has 0 spiro atoms. The van der Waals surface area contributed by atoms with E-state index in [0.29, 0.717) is 0 Å². The molecule has 1 aliphatic heterocycles. The van der Waals surface area contributed by atoms with E-state index in [1.807, 2.05) is 35.2 Å². The van der Waals surface area contributed by atoms with Crippen molar-refractivity contribution in [3.63, 3.8) is 0 Å². The first kappa shape index (κ1) is 18.3. The monoisotopic (exact) mass is 370 g/mol. The summed E-state index contributed by atoms with van der Waals surface area (Å²) in [5.74, 6) is 0.0676. The highest BCUT2D eigenvalue weighted by Crippen LogP contribution is 2.41. The molecule has 0 saturated carbocycles. The second kappa shape index (κ2) is 7.51. The minimum absolute atomic E-state index is 0.0676. The van der Waals surface area contributed by atoms with Gasteiger partial charge in [-0.1, -0.05) is 54.6 Å². The SMILES string of the molecule is Cc1ccccc1N[C@H]1C[C@H](C)N(C(=O)c2ccccc2)c2c(C)cccc21. The Kier molecular flexibility index (Phi) is 4.91. The van der Waals surface area contributed by atoms with Crippen LogP contribution in [0.5, 0.6) is 0 Å². The molecule has 1 N–H and O–H groups in total. The van der Waals surface area contributed by atoms with Gasteiger partial charge in [-0.2, -0.15) is 0 Å². The zero-order valence-electron chi connectivity index (χ0n) is 16.6. The first-order valence-corrected chi connectivity index (χ1v) is 9.86. The summed E-state index contributed by atoms with van der Waals surface area (Å²) in [6.07, 6.45) is 0.864. The Morgan fingerprint density at radius 1 is 0.893 bits per heavy atom. The summed E-state index contributed by atoms with van der Waals surface area (Å²) in [6, 6.07) is 24.5. The predicted octanol–water partition coefficient (Wildman–Crippen LogP) is 5.90. The lowest BCUT2D eigenvalue weighted by molar-refractivity contribution is 0.0974. The van der Waals surface area contributed by atoms with Gasteiger partial charge in [0.05, 0.1) is 11.7 Å². The molecule has 0 fully saturated rings. The highest BCUT2D eigenvalue weighted by Gasteiger charge is 2.35. The molecular formula is C25H26N2O. The summed E-state index contributed by atoms with van der Waals surface area (Å²) in [5.41, 5.74) is 6.47. The number of anilines is 2. The summed E-state index contributed by atoms with van der Waals surface area (Å²) in [7, 11) is 0. The molecule has 0 saturated heterocycles. The minimum Gasteiger partial charge on any atom is -0.378 e. The van der Waals surface area contributed by atoms with Crippen molar-refractivity contribution in [3.8, 4) is 0 Å². The second-order valence-corrected chi connectivity index (χ2v) is 7.65. The largest absolute Gasteiger partial charge is 0.378 e. The summed E-state index contributed by atoms with van der Waals surface area (Å²) in [4.78, 5) is 15.3. The van der Waals surface area contributed by atoms with Gasteiger partial charge in [0.15, 0.2) is 0 Å². The normalized spacial score (nSPS) is 18.5. The van der Waals surface area contributed by atoms with Gasteiger partial charge in [-0.15, -0.1) is 0 Å². The molecule has 0 unspecified atom stereocenters. The van der Waals surface area contributed by atoms with Crippen LogP contribution in [0.1, 0.15) is 46.4 Å². The van der Waals surface area contributed by atoms with E-state index >= 15 is 0 Å². The van der Waals surface area contributed by atoms with E-state index in [1.165, 1.54) is 11.1 Å². The van der Waals surface area contributed by atoms with E-state index in [2.05, 4.69) is 68.6 Å². The van der Waals surface area contributed by atoms with Gasteiger partial charge >= 0.3 is 0 Å². The summed E-state index contributed by atoms with van der Waals surface area (Å²) in [6.45, 7) is 6.35. The first-order valence-electron chi connectivity index (χ1n) is 9.86. The van der Waals surface area contributed by atoms with Crippen LogP contribution in [-0.4, -0.2) is 11.9 Å². The standard InChI is InChI=1S/C25H26N2O/c1-17-10-7-8-15-22(17)26-23-16-19(3)27(24-18(2)11-9-14-21(23)24)25(28)20-12-5-4-6-13-20/h4-15,19,23,26H,16H2,1-3H3/t19-,23-/m0/s1. The number of carbonyl (C=O) groups is 1. The van der Waals surface area contributed by atoms with Crippen molar-refractivity contribution in [2.75, 3.05) is 10.2 Å². The maximum Gasteiger partial charge on any atom is 0.258 e. The number of hydrogen-bond acceptors (Lipinski definition) is 2. The summed E-state index contributed by atoms with van der Waals surface area (Å²) in [5, 5.41) is 3.72. The molecule has 1 aliphatic rings. The van der Waals surface area contributed by atoms with E-state index in [0.717, 1.165) is 28.9 Å². The van der Waals surface area contributed by atoms with Gasteiger partial charge in [-0.3, -0.25) is 4.79 Å². The van der Waals surface area contributed by atoms with Gasteiger partial charge in [0.2, 0.25) is 0 Å². The lowest BCUT2D eigenvalue weighted by atomic mass is 9.88. The van der Waals surface area contributed by atoms with Crippen LogP contribution in [0.25, 0.3) is 0 Å². The second-order valence-electron chi connectivity index (χ2n) is 7.65. The van der Waals surface area contributed by atoms with Crippen molar-refractivity contribution in [2.24, 2.45) is 0 Å². The number of aryl methyl sites for hydroxylation is 2. The highest BCUT2D eigenvalue weighted by atomic mass is 16.2. The van der Waals surface area contributed by atoms with Crippen LogP contribution in [0.2, 0.25) is 0 Å². The molecule has 142 valence electrons. The Hall–Kier alpha value is -3.07. The van der Waals surface area contributed by atoms with Crippen LogP contribution in [-0.2, 0) is 0 Å². The van der Waals surface area contributed by atoms with Crippen LogP contribution in [0.4, 0.5) is 11.4 Å². The van der Waals surface area contributed by atoms with E-state index in [-0.39, 0.29) is 18.0 Å². The molecule has 0 radical (unpaired) electrons. The number of fused-ring (bicyclic) bond motifs is 1. The van der Waals surface area contributed by atoms with E-state index in [9.17, 15) is 4.79 Å². The topological polar surface area (TPSA) is 32.3 Å². The molecule has 0 aromatic heterocycles. The van der Waals surface area contributed by atoms with Gasteiger partial charge in [0.25, 0.3) is 5.91 Å². The first-order chi connectivity index (χ1) is 13.6. The Bertz CT molecular complexity index is 996. The molecule has 0 bridgehead atoms. The van der Waals surface area contributed by atoms with Crippen molar-refractivity contribution >= 4 is 17.3 Å². The zero-order chi connectivity index (χ0) is 19.7. The number of carbonyl (C=O) groups excluding carboxylic acids is 1. The van der Waals surface area contributed by atoms with Crippen LogP contribution >= 0.6 is 0 Å². The molecule has 3 heteroatoms. The number of nitrogens with zero attached hydrogens (tertiary/aromatic N) is 1. The maximum absolute atomic E-state index is 13.3. The van der Waals surface area contributed by atoms with E-state index in [4.69, 9.17) is 0 Å². The highest BCUT2D eigenvalue weighted by molar-refractivity contribution is 6.07. The number of para-hydroxylation sites is 2. The van der Waals surface area contributed by atoms with E-state index < -0.39 is 0 Å². The Morgan fingerprint density at radius 2 is 1.57 bits per heavy atom. The molecule has 3 aromatic rings. The number of amides is 1. The van der Waals surface area contributed by atoms with E-state index in [1.54, 1.807) is 0 Å². The van der Waals surface area contributed by atoms with Crippen LogP contribution in [0, 0.1) is 13.8 Å². The van der Waals surface area contributed by atoms with Crippen LogP contribution < -0.4 is 10.2 Å². The molecule has 3 nitrogen and oxygen atoms in total. The van der Waals surface area contributed by atoms with Crippen molar-refractivity contribution in [3.05, 3.63) is 95.1 Å². The Labute approximate surface area is 167 Å². The third-order valence-corrected chi connectivity index (χ3v) is 5.62. The number of benzene rings is 3. The predicted molar refractivity (Wildman–Crippen MR) is 116 cm³/mol. The third-order valence-electron chi connectivity index (χ3n) is 5.62. The molecule has 3 aromatic carbocycles. The van der Waals surface area contributed by atoms with Crippen molar-refractivity contribution in [1.82, 2.24) is 0 Å². The average Bonchev–Trinajstić information content (AvgIpc) is 2.71. The fraction of sp³-hybridized carbons (Fsp3) is 0.240. The molecule has 4 rings (SSSR count). The van der Waals surface area contributed by atoms with Gasteiger partial charge in [0.1, 0.15) is 0 Å². The number of rotatable bonds is 3. The zero-order valence-corrected chi connectivity index (χ0v) is 16.6. The summed E-state index contributed by atoms with van der Waals surface area (Å²) < 4.78 is 0. The lowest BCUT2D eigenvalue weighted by Gasteiger charge is -2.41. The Morgan fingerprint density at radius 3 is 2.32 bits per heavy atom.